The summed E-state index contributed by atoms with van der Waals surface area (Å²) in [5.74, 6) is 0.689. The summed E-state index contributed by atoms with van der Waals surface area (Å²) in [6.45, 7) is 3.99. The SMILES string of the molecule is CC1(C)Oc2ccc([N+](=O)[O-])cc2-c2ccccc21. The summed E-state index contributed by atoms with van der Waals surface area (Å²) in [7, 11) is 0. The number of ether oxygens (including phenoxy) is 1. The fraction of sp³-hybridized carbons (Fsp3) is 0.200. The number of nitro groups is 1. The average molecular weight is 255 g/mol. The molecule has 1 heterocycles. The summed E-state index contributed by atoms with van der Waals surface area (Å²) < 4.78 is 5.96. The molecule has 0 aliphatic carbocycles. The summed E-state index contributed by atoms with van der Waals surface area (Å²) in [6, 6.07) is 12.6. The van der Waals surface area contributed by atoms with Crippen molar-refractivity contribution in [1.29, 1.82) is 0 Å². The predicted molar refractivity (Wildman–Crippen MR) is 72.2 cm³/mol. The van der Waals surface area contributed by atoms with Gasteiger partial charge in [0.25, 0.3) is 5.69 Å². The quantitative estimate of drug-likeness (QED) is 0.573. The summed E-state index contributed by atoms with van der Waals surface area (Å²) >= 11 is 0. The molecule has 0 radical (unpaired) electrons. The van der Waals surface area contributed by atoms with Crippen molar-refractivity contribution in [2.24, 2.45) is 0 Å². The van der Waals surface area contributed by atoms with Crippen LogP contribution in [-0.2, 0) is 5.60 Å². The van der Waals surface area contributed by atoms with Gasteiger partial charge in [0.2, 0.25) is 0 Å². The Balaban J connectivity index is 2.28. The molecule has 0 unspecified atom stereocenters. The predicted octanol–water partition coefficient (Wildman–Crippen LogP) is 3.89. The molecular weight excluding hydrogens is 242 g/mol. The van der Waals surface area contributed by atoms with Crippen LogP contribution >= 0.6 is 0 Å². The summed E-state index contributed by atoms with van der Waals surface area (Å²) in [5, 5.41) is 10.9. The molecule has 2 aromatic carbocycles. The van der Waals surface area contributed by atoms with E-state index in [-0.39, 0.29) is 10.6 Å². The van der Waals surface area contributed by atoms with E-state index in [1.807, 2.05) is 38.1 Å². The van der Waals surface area contributed by atoms with E-state index in [0.29, 0.717) is 5.75 Å². The van der Waals surface area contributed by atoms with Crippen molar-refractivity contribution in [3.05, 3.63) is 58.1 Å². The molecule has 0 bridgehead atoms. The highest BCUT2D eigenvalue weighted by atomic mass is 16.6. The average Bonchev–Trinajstić information content (AvgIpc) is 2.38. The molecule has 19 heavy (non-hydrogen) atoms. The zero-order chi connectivity index (χ0) is 13.6. The second-order valence-corrected chi connectivity index (χ2v) is 5.10. The molecule has 0 atom stereocenters. The van der Waals surface area contributed by atoms with Gasteiger partial charge in [-0.15, -0.1) is 0 Å². The molecule has 0 fully saturated rings. The van der Waals surface area contributed by atoms with Crippen LogP contribution in [0.2, 0.25) is 0 Å². The van der Waals surface area contributed by atoms with E-state index in [9.17, 15) is 10.1 Å². The van der Waals surface area contributed by atoms with Crippen LogP contribution in [-0.4, -0.2) is 4.92 Å². The number of benzene rings is 2. The first-order valence-corrected chi connectivity index (χ1v) is 6.06. The minimum atomic E-state index is -0.431. The third kappa shape index (κ3) is 1.76. The zero-order valence-electron chi connectivity index (χ0n) is 10.7. The van der Waals surface area contributed by atoms with Gasteiger partial charge in [0.15, 0.2) is 0 Å². The third-order valence-corrected chi connectivity index (χ3v) is 3.40. The summed E-state index contributed by atoms with van der Waals surface area (Å²) in [5.41, 5.74) is 2.47. The number of hydrogen-bond donors (Lipinski definition) is 0. The Labute approximate surface area is 110 Å². The van der Waals surface area contributed by atoms with Crippen molar-refractivity contribution in [3.63, 3.8) is 0 Å². The number of nitrogens with zero attached hydrogens (tertiary/aromatic N) is 1. The highest BCUT2D eigenvalue weighted by Crippen LogP contribution is 2.45. The lowest BCUT2D eigenvalue weighted by Gasteiger charge is -2.34. The smallest absolute Gasteiger partial charge is 0.270 e. The molecular formula is C15H13NO3. The lowest BCUT2D eigenvalue weighted by atomic mass is 9.86. The zero-order valence-corrected chi connectivity index (χ0v) is 10.7. The van der Waals surface area contributed by atoms with E-state index >= 15 is 0 Å². The largest absolute Gasteiger partial charge is 0.482 e. The number of hydrogen-bond acceptors (Lipinski definition) is 3. The first kappa shape index (κ1) is 11.7. The van der Waals surface area contributed by atoms with Gasteiger partial charge >= 0.3 is 0 Å². The molecule has 0 spiro atoms. The van der Waals surface area contributed by atoms with Crippen LogP contribution < -0.4 is 4.74 Å². The minimum absolute atomic E-state index is 0.0804. The van der Waals surface area contributed by atoms with Gasteiger partial charge < -0.3 is 4.74 Å². The van der Waals surface area contributed by atoms with Gasteiger partial charge in [-0.3, -0.25) is 10.1 Å². The fourth-order valence-corrected chi connectivity index (χ4v) is 2.50. The van der Waals surface area contributed by atoms with Gasteiger partial charge in [0, 0.05) is 23.3 Å². The van der Waals surface area contributed by atoms with Gasteiger partial charge in [-0.25, -0.2) is 0 Å². The first-order chi connectivity index (χ1) is 8.99. The molecule has 0 amide bonds. The van der Waals surface area contributed by atoms with Gasteiger partial charge in [0.1, 0.15) is 11.4 Å². The van der Waals surface area contributed by atoms with Crippen LogP contribution in [0.15, 0.2) is 42.5 Å². The Morgan fingerprint density at radius 3 is 2.58 bits per heavy atom. The van der Waals surface area contributed by atoms with E-state index in [4.69, 9.17) is 4.74 Å². The lowest BCUT2D eigenvalue weighted by molar-refractivity contribution is -0.384. The van der Waals surface area contributed by atoms with Crippen LogP contribution in [0.3, 0.4) is 0 Å². The van der Waals surface area contributed by atoms with E-state index in [1.54, 1.807) is 12.1 Å². The standard InChI is InChI=1S/C15H13NO3/c1-15(2)13-6-4-3-5-11(13)12-9-10(16(17)18)7-8-14(12)19-15/h3-9H,1-2H3. The minimum Gasteiger partial charge on any atom is -0.482 e. The van der Waals surface area contributed by atoms with Crippen molar-refractivity contribution >= 4 is 5.69 Å². The molecule has 3 rings (SSSR count). The number of fused-ring (bicyclic) bond motifs is 3. The molecule has 96 valence electrons. The first-order valence-electron chi connectivity index (χ1n) is 6.06. The molecule has 1 aliphatic heterocycles. The van der Waals surface area contributed by atoms with Crippen LogP contribution in [0.1, 0.15) is 19.4 Å². The molecule has 4 nitrogen and oxygen atoms in total. The second kappa shape index (κ2) is 3.82. The van der Waals surface area contributed by atoms with Gasteiger partial charge in [0.05, 0.1) is 4.92 Å². The molecule has 0 saturated carbocycles. The van der Waals surface area contributed by atoms with Gasteiger partial charge in [-0.05, 0) is 25.5 Å². The Hall–Kier alpha value is -2.36. The Morgan fingerprint density at radius 2 is 1.84 bits per heavy atom. The topological polar surface area (TPSA) is 52.4 Å². The van der Waals surface area contributed by atoms with Crippen molar-refractivity contribution in [2.75, 3.05) is 0 Å². The van der Waals surface area contributed by atoms with Crippen LogP contribution in [0.25, 0.3) is 11.1 Å². The van der Waals surface area contributed by atoms with Crippen LogP contribution in [0.5, 0.6) is 5.75 Å². The fourth-order valence-electron chi connectivity index (χ4n) is 2.50. The number of rotatable bonds is 1. The summed E-state index contributed by atoms with van der Waals surface area (Å²) in [4.78, 5) is 10.5. The summed E-state index contributed by atoms with van der Waals surface area (Å²) in [6.07, 6.45) is 0. The van der Waals surface area contributed by atoms with Gasteiger partial charge in [-0.2, -0.15) is 0 Å². The lowest BCUT2D eigenvalue weighted by Crippen LogP contribution is -2.29. The van der Waals surface area contributed by atoms with E-state index in [1.165, 1.54) is 6.07 Å². The highest BCUT2D eigenvalue weighted by Gasteiger charge is 2.32. The molecule has 2 aromatic rings. The maximum atomic E-state index is 10.9. The van der Waals surface area contributed by atoms with Crippen molar-refractivity contribution in [3.8, 4) is 16.9 Å². The molecule has 1 aliphatic rings. The Bertz CT molecular complexity index is 677. The number of non-ortho nitro benzene ring substituents is 1. The second-order valence-electron chi connectivity index (χ2n) is 5.10. The molecule has 0 aromatic heterocycles. The number of nitro benzene ring substituents is 1. The molecule has 0 N–H and O–H groups in total. The van der Waals surface area contributed by atoms with Crippen molar-refractivity contribution < 1.29 is 9.66 Å². The normalized spacial score (nSPS) is 15.1. The Morgan fingerprint density at radius 1 is 1.11 bits per heavy atom. The monoisotopic (exact) mass is 255 g/mol. The molecule has 0 saturated heterocycles. The third-order valence-electron chi connectivity index (χ3n) is 3.40. The van der Waals surface area contributed by atoms with Crippen molar-refractivity contribution in [1.82, 2.24) is 0 Å². The Kier molecular flexibility index (Phi) is 2.35. The highest BCUT2D eigenvalue weighted by molar-refractivity contribution is 5.78. The van der Waals surface area contributed by atoms with E-state index in [0.717, 1.165) is 16.7 Å². The maximum Gasteiger partial charge on any atom is 0.270 e. The maximum absolute atomic E-state index is 10.9. The van der Waals surface area contributed by atoms with E-state index in [2.05, 4.69) is 0 Å². The van der Waals surface area contributed by atoms with Gasteiger partial charge in [-0.1, -0.05) is 24.3 Å². The molecule has 4 heteroatoms. The van der Waals surface area contributed by atoms with E-state index < -0.39 is 5.60 Å². The van der Waals surface area contributed by atoms with Crippen LogP contribution in [0.4, 0.5) is 5.69 Å². The van der Waals surface area contributed by atoms with Crippen molar-refractivity contribution in [2.45, 2.75) is 19.4 Å². The van der Waals surface area contributed by atoms with Crippen LogP contribution in [0, 0.1) is 10.1 Å².